The van der Waals surface area contributed by atoms with Crippen LogP contribution in [0.1, 0.15) is 11.4 Å². The fourth-order valence-electron chi connectivity index (χ4n) is 2.51. The van der Waals surface area contributed by atoms with E-state index >= 15 is 0 Å². The predicted molar refractivity (Wildman–Crippen MR) is 98.7 cm³/mol. The van der Waals surface area contributed by atoms with Crippen molar-refractivity contribution in [1.82, 2.24) is 20.2 Å². The van der Waals surface area contributed by atoms with Gasteiger partial charge in [-0.1, -0.05) is 12.1 Å². The monoisotopic (exact) mass is 352 g/mol. The Labute approximate surface area is 151 Å². The molecule has 8 heteroatoms. The molecule has 1 amide bonds. The normalized spacial score (nSPS) is 10.4. The summed E-state index contributed by atoms with van der Waals surface area (Å²) in [5.74, 6) is 1.14. The summed E-state index contributed by atoms with van der Waals surface area (Å²) in [6, 6.07) is 13.2. The second-order valence-corrected chi connectivity index (χ2v) is 5.79. The van der Waals surface area contributed by atoms with E-state index in [1.165, 1.54) is 0 Å². The van der Waals surface area contributed by atoms with Crippen molar-refractivity contribution in [1.29, 1.82) is 0 Å². The molecule has 0 aliphatic rings. The lowest BCUT2D eigenvalue weighted by molar-refractivity contribution is -0.114. The first-order valence-electron chi connectivity index (χ1n) is 8.10. The molecule has 2 N–H and O–H groups in total. The summed E-state index contributed by atoms with van der Waals surface area (Å²) in [5, 5.41) is 17.4. The lowest BCUT2D eigenvalue weighted by Gasteiger charge is -2.12. The van der Waals surface area contributed by atoms with Crippen LogP contribution in [-0.2, 0) is 4.79 Å². The van der Waals surface area contributed by atoms with Crippen LogP contribution in [0.5, 0.6) is 5.75 Å². The molecule has 0 saturated heterocycles. The molecule has 3 aromatic rings. The number of methoxy groups -OCH3 is 1. The van der Waals surface area contributed by atoms with Crippen molar-refractivity contribution >= 4 is 17.3 Å². The molecule has 26 heavy (non-hydrogen) atoms. The van der Waals surface area contributed by atoms with Gasteiger partial charge in [0.15, 0.2) is 5.82 Å². The molecule has 0 atom stereocenters. The molecule has 2 aromatic carbocycles. The van der Waals surface area contributed by atoms with Crippen LogP contribution in [0, 0.1) is 13.8 Å². The first-order chi connectivity index (χ1) is 12.6. The highest BCUT2D eigenvalue weighted by Crippen LogP contribution is 2.25. The van der Waals surface area contributed by atoms with Crippen LogP contribution >= 0.6 is 0 Å². The average molecular weight is 352 g/mol. The Balaban J connectivity index is 1.65. The standard InChI is InChI=1S/C18H20N6O2/c1-12-7-8-17(26-3)16(9-12)20-18(25)11-19-14-5-4-6-15(10-14)24-13(2)21-22-23-24/h4-10,19H,11H2,1-3H3,(H,20,25). The molecule has 0 unspecified atom stereocenters. The summed E-state index contributed by atoms with van der Waals surface area (Å²) >= 11 is 0. The zero-order chi connectivity index (χ0) is 18.5. The number of carbonyl (C=O) groups is 1. The molecule has 0 radical (unpaired) electrons. The van der Waals surface area contributed by atoms with E-state index in [1.807, 2.05) is 56.3 Å². The lowest BCUT2D eigenvalue weighted by atomic mass is 10.2. The first-order valence-corrected chi connectivity index (χ1v) is 8.10. The van der Waals surface area contributed by atoms with Crippen molar-refractivity contribution in [2.24, 2.45) is 0 Å². The molecule has 0 saturated carbocycles. The summed E-state index contributed by atoms with van der Waals surface area (Å²) in [6.07, 6.45) is 0. The molecule has 0 aliphatic heterocycles. The van der Waals surface area contributed by atoms with Crippen molar-refractivity contribution in [2.75, 3.05) is 24.3 Å². The van der Waals surface area contributed by atoms with E-state index in [2.05, 4.69) is 26.2 Å². The quantitative estimate of drug-likeness (QED) is 0.707. The maximum atomic E-state index is 12.3. The molecule has 0 spiro atoms. The Hall–Kier alpha value is -3.42. The molecule has 0 bridgehead atoms. The Morgan fingerprint density at radius 3 is 2.77 bits per heavy atom. The number of nitrogens with zero attached hydrogens (tertiary/aromatic N) is 4. The second kappa shape index (κ2) is 7.64. The van der Waals surface area contributed by atoms with Crippen molar-refractivity contribution in [3.63, 3.8) is 0 Å². The fraction of sp³-hybridized carbons (Fsp3) is 0.222. The Morgan fingerprint density at radius 1 is 1.19 bits per heavy atom. The Kier molecular flexibility index (Phi) is 5.12. The summed E-state index contributed by atoms with van der Waals surface area (Å²) in [4.78, 5) is 12.3. The lowest BCUT2D eigenvalue weighted by Crippen LogP contribution is -2.22. The number of aromatic nitrogens is 4. The highest BCUT2D eigenvalue weighted by Gasteiger charge is 2.09. The summed E-state index contributed by atoms with van der Waals surface area (Å²) < 4.78 is 6.90. The van der Waals surface area contributed by atoms with Gasteiger partial charge >= 0.3 is 0 Å². The number of anilines is 2. The van der Waals surface area contributed by atoms with E-state index in [0.29, 0.717) is 17.3 Å². The smallest absolute Gasteiger partial charge is 0.243 e. The van der Waals surface area contributed by atoms with Gasteiger partial charge in [-0.25, -0.2) is 0 Å². The largest absolute Gasteiger partial charge is 0.495 e. The fourth-order valence-corrected chi connectivity index (χ4v) is 2.51. The topological polar surface area (TPSA) is 94.0 Å². The van der Waals surface area contributed by atoms with Crippen molar-refractivity contribution in [2.45, 2.75) is 13.8 Å². The third-order valence-electron chi connectivity index (χ3n) is 3.80. The number of carbonyl (C=O) groups excluding carboxylic acids is 1. The number of aryl methyl sites for hydroxylation is 2. The minimum absolute atomic E-state index is 0.120. The molecule has 3 rings (SSSR count). The number of hydrogen-bond acceptors (Lipinski definition) is 6. The number of rotatable bonds is 6. The van der Waals surface area contributed by atoms with Crippen molar-refractivity contribution in [3.8, 4) is 11.4 Å². The number of hydrogen-bond donors (Lipinski definition) is 2. The zero-order valence-electron chi connectivity index (χ0n) is 14.9. The highest BCUT2D eigenvalue weighted by atomic mass is 16.5. The molecular weight excluding hydrogens is 332 g/mol. The van der Waals surface area contributed by atoms with Gasteiger partial charge in [0, 0.05) is 5.69 Å². The third kappa shape index (κ3) is 3.97. The van der Waals surface area contributed by atoms with Crippen LogP contribution in [0.15, 0.2) is 42.5 Å². The number of ether oxygens (including phenoxy) is 1. The predicted octanol–water partition coefficient (Wildman–Crippen LogP) is 2.34. The molecule has 0 fully saturated rings. The van der Waals surface area contributed by atoms with Crippen LogP contribution in [0.4, 0.5) is 11.4 Å². The van der Waals surface area contributed by atoms with E-state index in [9.17, 15) is 4.79 Å². The SMILES string of the molecule is COc1ccc(C)cc1NC(=O)CNc1cccc(-n2nnnc2C)c1. The molecule has 0 aliphatic carbocycles. The van der Waals surface area contributed by atoms with Gasteiger partial charge in [0.1, 0.15) is 5.75 Å². The van der Waals surface area contributed by atoms with Gasteiger partial charge in [0.05, 0.1) is 25.0 Å². The van der Waals surface area contributed by atoms with Crippen LogP contribution in [-0.4, -0.2) is 39.8 Å². The Morgan fingerprint density at radius 2 is 2.04 bits per heavy atom. The molecule has 1 heterocycles. The maximum Gasteiger partial charge on any atom is 0.243 e. The number of nitrogens with one attached hydrogen (secondary N) is 2. The van der Waals surface area contributed by atoms with Crippen LogP contribution in [0.2, 0.25) is 0 Å². The van der Waals surface area contributed by atoms with Crippen molar-refractivity contribution < 1.29 is 9.53 Å². The average Bonchev–Trinajstić information content (AvgIpc) is 3.06. The zero-order valence-corrected chi connectivity index (χ0v) is 14.9. The van der Waals surface area contributed by atoms with Gasteiger partial charge in [0.25, 0.3) is 0 Å². The second-order valence-electron chi connectivity index (χ2n) is 5.79. The van der Waals surface area contributed by atoms with E-state index in [0.717, 1.165) is 16.9 Å². The third-order valence-corrected chi connectivity index (χ3v) is 3.80. The summed E-state index contributed by atoms with van der Waals surface area (Å²) in [5.41, 5.74) is 3.30. The molecule has 1 aromatic heterocycles. The van der Waals surface area contributed by atoms with Gasteiger partial charge < -0.3 is 15.4 Å². The van der Waals surface area contributed by atoms with E-state index in [4.69, 9.17) is 4.74 Å². The van der Waals surface area contributed by atoms with Gasteiger partial charge in [-0.15, -0.1) is 5.10 Å². The minimum Gasteiger partial charge on any atom is -0.495 e. The van der Waals surface area contributed by atoms with E-state index in [1.54, 1.807) is 11.8 Å². The van der Waals surface area contributed by atoms with E-state index < -0.39 is 0 Å². The van der Waals surface area contributed by atoms with E-state index in [-0.39, 0.29) is 12.5 Å². The molecule has 8 nitrogen and oxygen atoms in total. The number of tetrazole rings is 1. The highest BCUT2D eigenvalue weighted by molar-refractivity contribution is 5.95. The Bertz CT molecular complexity index is 922. The maximum absolute atomic E-state index is 12.3. The minimum atomic E-state index is -0.169. The van der Waals surface area contributed by atoms with Crippen molar-refractivity contribution in [3.05, 3.63) is 53.9 Å². The van der Waals surface area contributed by atoms with Crippen LogP contribution in [0.3, 0.4) is 0 Å². The van der Waals surface area contributed by atoms with Gasteiger partial charge in [0.2, 0.25) is 5.91 Å². The number of amides is 1. The van der Waals surface area contributed by atoms with Gasteiger partial charge in [-0.2, -0.15) is 4.68 Å². The van der Waals surface area contributed by atoms with Crippen LogP contribution < -0.4 is 15.4 Å². The first kappa shape index (κ1) is 17.4. The summed E-state index contributed by atoms with van der Waals surface area (Å²) in [6.45, 7) is 3.90. The molecular formula is C18H20N6O2. The van der Waals surface area contributed by atoms with Crippen LogP contribution in [0.25, 0.3) is 5.69 Å². The summed E-state index contributed by atoms with van der Waals surface area (Å²) in [7, 11) is 1.57. The molecule has 134 valence electrons. The van der Waals surface area contributed by atoms with Gasteiger partial charge in [-0.05, 0) is 60.2 Å². The number of benzene rings is 2. The van der Waals surface area contributed by atoms with Gasteiger partial charge in [-0.3, -0.25) is 4.79 Å².